The first-order valence-electron chi connectivity index (χ1n) is 6.17. The molecule has 2 aromatic heterocycles. The largest absolute Gasteiger partial charge is 0.337 e. The number of nitrogens with one attached hydrogen (secondary N) is 2. The molecule has 7 nitrogen and oxygen atoms in total. The average molecular weight is 323 g/mol. The van der Waals surface area contributed by atoms with Crippen molar-refractivity contribution < 1.29 is 4.79 Å². The van der Waals surface area contributed by atoms with E-state index in [1.165, 1.54) is 11.3 Å². The lowest BCUT2D eigenvalue weighted by Gasteiger charge is -2.06. The Morgan fingerprint density at radius 1 is 1.43 bits per heavy atom. The van der Waals surface area contributed by atoms with Gasteiger partial charge in [-0.25, -0.2) is 4.79 Å². The van der Waals surface area contributed by atoms with Crippen molar-refractivity contribution in [2.45, 2.75) is 6.42 Å². The summed E-state index contributed by atoms with van der Waals surface area (Å²) < 4.78 is 1.62. The van der Waals surface area contributed by atoms with Crippen LogP contribution in [0.2, 0.25) is 5.02 Å². The van der Waals surface area contributed by atoms with Crippen LogP contribution in [0, 0.1) is 0 Å². The van der Waals surface area contributed by atoms with Gasteiger partial charge in [-0.15, -0.1) is 10.2 Å². The number of rotatable bonds is 4. The van der Waals surface area contributed by atoms with Gasteiger partial charge in [0, 0.05) is 23.7 Å². The first-order valence-corrected chi connectivity index (χ1v) is 7.36. The smallest absolute Gasteiger partial charge is 0.319 e. The molecule has 0 spiro atoms. The molecule has 0 unspecified atom stereocenters. The van der Waals surface area contributed by atoms with Crippen molar-refractivity contribution in [1.29, 1.82) is 0 Å². The molecule has 2 amide bonds. The average Bonchev–Trinajstić information content (AvgIpc) is 2.99. The zero-order valence-corrected chi connectivity index (χ0v) is 12.4. The Morgan fingerprint density at radius 3 is 3.14 bits per heavy atom. The van der Waals surface area contributed by atoms with Gasteiger partial charge >= 0.3 is 6.03 Å². The lowest BCUT2D eigenvalue weighted by molar-refractivity contribution is 0.252. The maximum Gasteiger partial charge on any atom is 0.319 e. The van der Waals surface area contributed by atoms with Crippen LogP contribution in [0.1, 0.15) is 5.01 Å². The molecular weight excluding hydrogens is 312 g/mol. The second-order valence-electron chi connectivity index (χ2n) is 4.20. The first kappa shape index (κ1) is 13.8. The van der Waals surface area contributed by atoms with E-state index in [1.54, 1.807) is 35.1 Å². The maximum absolute atomic E-state index is 11.7. The van der Waals surface area contributed by atoms with Gasteiger partial charge in [0.15, 0.2) is 0 Å². The minimum absolute atomic E-state index is 0.278. The monoisotopic (exact) mass is 322 g/mol. The summed E-state index contributed by atoms with van der Waals surface area (Å²) in [4.78, 5) is 12.5. The lowest BCUT2D eigenvalue weighted by atomic mass is 10.3. The van der Waals surface area contributed by atoms with Crippen LogP contribution in [0.3, 0.4) is 0 Å². The molecule has 1 aromatic carbocycles. The highest BCUT2D eigenvalue weighted by atomic mass is 35.5. The third-order valence-electron chi connectivity index (χ3n) is 2.64. The summed E-state index contributed by atoms with van der Waals surface area (Å²) in [5, 5.41) is 18.9. The molecule has 0 radical (unpaired) electrons. The third kappa shape index (κ3) is 3.47. The molecule has 0 aliphatic heterocycles. The van der Waals surface area contributed by atoms with E-state index in [0.717, 1.165) is 9.97 Å². The van der Waals surface area contributed by atoms with Gasteiger partial charge < -0.3 is 10.6 Å². The zero-order chi connectivity index (χ0) is 14.7. The molecule has 2 N–H and O–H groups in total. The normalized spacial score (nSPS) is 10.7. The summed E-state index contributed by atoms with van der Waals surface area (Å²) in [6.45, 7) is 0.483. The first-order chi connectivity index (χ1) is 10.2. The Kier molecular flexibility index (Phi) is 3.98. The molecule has 2 heterocycles. The molecule has 0 bridgehead atoms. The van der Waals surface area contributed by atoms with Crippen LogP contribution >= 0.6 is 22.9 Å². The molecule has 3 aromatic rings. The second kappa shape index (κ2) is 6.06. The number of benzene rings is 1. The fourth-order valence-corrected chi connectivity index (χ4v) is 2.73. The maximum atomic E-state index is 11.7. The summed E-state index contributed by atoms with van der Waals surface area (Å²) in [6.07, 6.45) is 2.19. The molecule has 0 saturated carbocycles. The molecule has 9 heteroatoms. The molecule has 3 rings (SSSR count). The van der Waals surface area contributed by atoms with Crippen LogP contribution in [0.5, 0.6) is 0 Å². The fraction of sp³-hybridized carbons (Fsp3) is 0.167. The standard InChI is InChI=1S/C12H11ClN6OS/c13-8-2-1-3-9(6-8)16-11(20)14-5-4-10-18-19-7-15-17-12(19)21-10/h1-3,6-7H,4-5H2,(H2,14,16,20). The topological polar surface area (TPSA) is 84.2 Å². The Morgan fingerprint density at radius 2 is 2.33 bits per heavy atom. The van der Waals surface area contributed by atoms with Crippen LogP contribution in [0.25, 0.3) is 4.96 Å². The molecule has 21 heavy (non-hydrogen) atoms. The van der Waals surface area contributed by atoms with Crippen LogP contribution in [0.4, 0.5) is 10.5 Å². The van der Waals surface area contributed by atoms with E-state index in [0.29, 0.717) is 23.7 Å². The van der Waals surface area contributed by atoms with Crippen LogP contribution in [0.15, 0.2) is 30.6 Å². The Balaban J connectivity index is 1.48. The van der Waals surface area contributed by atoms with E-state index in [2.05, 4.69) is 25.9 Å². The second-order valence-corrected chi connectivity index (χ2v) is 5.67. The molecule has 0 saturated heterocycles. The predicted molar refractivity (Wildman–Crippen MR) is 80.8 cm³/mol. The Bertz CT molecular complexity index is 741. The van der Waals surface area contributed by atoms with E-state index < -0.39 is 0 Å². The number of carbonyl (C=O) groups is 1. The van der Waals surface area contributed by atoms with E-state index in [4.69, 9.17) is 11.6 Å². The van der Waals surface area contributed by atoms with Gasteiger partial charge in [0.05, 0.1) is 0 Å². The number of hydrogen-bond donors (Lipinski definition) is 2. The lowest BCUT2D eigenvalue weighted by Crippen LogP contribution is -2.30. The number of nitrogens with zero attached hydrogens (tertiary/aromatic N) is 4. The number of hydrogen-bond acceptors (Lipinski definition) is 5. The summed E-state index contributed by atoms with van der Waals surface area (Å²) in [5.74, 6) is 0. The summed E-state index contributed by atoms with van der Waals surface area (Å²) in [6, 6.07) is 6.70. The summed E-state index contributed by atoms with van der Waals surface area (Å²) >= 11 is 7.30. The molecular formula is C12H11ClN6OS. The van der Waals surface area contributed by atoms with Gasteiger partial charge in [0.2, 0.25) is 4.96 Å². The van der Waals surface area contributed by atoms with E-state index in [1.807, 2.05) is 0 Å². The Labute approximate surface area is 129 Å². The van der Waals surface area contributed by atoms with Gasteiger partial charge in [-0.05, 0) is 18.2 Å². The SMILES string of the molecule is O=C(NCCc1nn2cnnc2s1)Nc1cccc(Cl)c1. The number of carbonyl (C=O) groups excluding carboxylic acids is 1. The van der Waals surface area contributed by atoms with E-state index in [-0.39, 0.29) is 6.03 Å². The van der Waals surface area contributed by atoms with Crippen molar-refractivity contribution in [1.82, 2.24) is 25.1 Å². The number of amides is 2. The highest BCUT2D eigenvalue weighted by Crippen LogP contribution is 2.14. The minimum Gasteiger partial charge on any atom is -0.337 e. The van der Waals surface area contributed by atoms with Crippen molar-refractivity contribution in [3.8, 4) is 0 Å². The van der Waals surface area contributed by atoms with Crippen molar-refractivity contribution in [3.63, 3.8) is 0 Å². The quantitative estimate of drug-likeness (QED) is 0.771. The van der Waals surface area contributed by atoms with Gasteiger partial charge in [-0.3, -0.25) is 0 Å². The summed E-state index contributed by atoms with van der Waals surface area (Å²) in [5.41, 5.74) is 0.652. The van der Waals surface area contributed by atoms with Gasteiger partial charge in [-0.2, -0.15) is 9.61 Å². The number of urea groups is 1. The van der Waals surface area contributed by atoms with Gasteiger partial charge in [0.25, 0.3) is 0 Å². The van der Waals surface area contributed by atoms with Crippen LogP contribution in [-0.2, 0) is 6.42 Å². The summed E-state index contributed by atoms with van der Waals surface area (Å²) in [7, 11) is 0. The molecule has 108 valence electrons. The molecule has 0 atom stereocenters. The molecule has 0 fully saturated rings. The predicted octanol–water partition coefficient (Wildman–Crippen LogP) is 2.20. The highest BCUT2D eigenvalue weighted by molar-refractivity contribution is 7.16. The fourth-order valence-electron chi connectivity index (χ4n) is 1.73. The van der Waals surface area contributed by atoms with Gasteiger partial charge in [-0.1, -0.05) is 29.0 Å². The molecule has 0 aliphatic rings. The number of halogens is 1. The Hall–Kier alpha value is -2.19. The zero-order valence-electron chi connectivity index (χ0n) is 10.8. The van der Waals surface area contributed by atoms with Crippen molar-refractivity contribution in [2.24, 2.45) is 0 Å². The number of fused-ring (bicyclic) bond motifs is 1. The molecule has 0 aliphatic carbocycles. The van der Waals surface area contributed by atoms with Crippen molar-refractivity contribution in [2.75, 3.05) is 11.9 Å². The third-order valence-corrected chi connectivity index (χ3v) is 3.84. The van der Waals surface area contributed by atoms with Crippen molar-refractivity contribution in [3.05, 3.63) is 40.6 Å². The van der Waals surface area contributed by atoms with Gasteiger partial charge in [0.1, 0.15) is 11.3 Å². The van der Waals surface area contributed by atoms with Crippen molar-refractivity contribution >= 4 is 39.6 Å². The van der Waals surface area contributed by atoms with E-state index in [9.17, 15) is 4.79 Å². The van der Waals surface area contributed by atoms with Crippen LogP contribution < -0.4 is 10.6 Å². The number of aromatic nitrogens is 4. The highest BCUT2D eigenvalue weighted by Gasteiger charge is 2.06. The minimum atomic E-state index is -0.278. The van der Waals surface area contributed by atoms with Crippen LogP contribution in [-0.4, -0.2) is 32.4 Å². The van der Waals surface area contributed by atoms with E-state index >= 15 is 0 Å². The number of anilines is 1.